The third kappa shape index (κ3) is 17.5. The standard InChI is InChI=1S/C27H47NO2/c1-2-3-4-5-6-7-8-9-10-11-12-13-14-15-16-17-18-19-22-27(29)30-25-26-21-20-23-28-24-26/h20-21,23-24H,2-19,22,25H2,1H3. The topological polar surface area (TPSA) is 39.2 Å². The minimum absolute atomic E-state index is 0.0876. The lowest BCUT2D eigenvalue weighted by Crippen LogP contribution is -2.04. The number of nitrogens with zero attached hydrogens (tertiary/aromatic N) is 1. The average Bonchev–Trinajstić information content (AvgIpc) is 2.77. The number of unbranched alkanes of at least 4 members (excludes halogenated alkanes) is 17. The predicted molar refractivity (Wildman–Crippen MR) is 127 cm³/mol. The van der Waals surface area contributed by atoms with E-state index in [9.17, 15) is 4.79 Å². The second-order valence-electron chi connectivity index (χ2n) is 8.78. The summed E-state index contributed by atoms with van der Waals surface area (Å²) in [5.41, 5.74) is 0.948. The maximum Gasteiger partial charge on any atom is 0.306 e. The number of hydrogen-bond acceptors (Lipinski definition) is 3. The Morgan fingerprint density at radius 1 is 0.733 bits per heavy atom. The number of ether oxygens (including phenoxy) is 1. The van der Waals surface area contributed by atoms with Crippen molar-refractivity contribution in [1.29, 1.82) is 0 Å². The van der Waals surface area contributed by atoms with Gasteiger partial charge in [-0.25, -0.2) is 0 Å². The number of pyridine rings is 1. The van der Waals surface area contributed by atoms with Gasteiger partial charge in [-0.05, 0) is 12.5 Å². The highest BCUT2D eigenvalue weighted by Gasteiger charge is 2.03. The lowest BCUT2D eigenvalue weighted by molar-refractivity contribution is -0.145. The first-order valence-corrected chi connectivity index (χ1v) is 12.9. The molecular weight excluding hydrogens is 370 g/mol. The first-order chi connectivity index (χ1) is 14.8. The zero-order valence-electron chi connectivity index (χ0n) is 19.7. The van der Waals surface area contributed by atoms with Gasteiger partial charge in [-0.15, -0.1) is 0 Å². The van der Waals surface area contributed by atoms with Gasteiger partial charge in [0.1, 0.15) is 6.61 Å². The Labute approximate surface area is 186 Å². The molecule has 3 nitrogen and oxygen atoms in total. The fraction of sp³-hybridized carbons (Fsp3) is 0.778. The van der Waals surface area contributed by atoms with Crippen LogP contribution in [0.2, 0.25) is 0 Å². The molecule has 0 fully saturated rings. The highest BCUT2D eigenvalue weighted by Crippen LogP contribution is 2.14. The maximum absolute atomic E-state index is 11.7. The summed E-state index contributed by atoms with van der Waals surface area (Å²) >= 11 is 0. The van der Waals surface area contributed by atoms with Crippen LogP contribution in [0.1, 0.15) is 134 Å². The van der Waals surface area contributed by atoms with Gasteiger partial charge in [0.2, 0.25) is 0 Å². The van der Waals surface area contributed by atoms with Crippen molar-refractivity contribution in [2.45, 2.75) is 136 Å². The highest BCUT2D eigenvalue weighted by atomic mass is 16.5. The fourth-order valence-corrected chi connectivity index (χ4v) is 3.89. The van der Waals surface area contributed by atoms with E-state index in [1.165, 1.54) is 103 Å². The Hall–Kier alpha value is -1.38. The number of carbonyl (C=O) groups excluding carboxylic acids is 1. The van der Waals surface area contributed by atoms with Crippen molar-refractivity contribution in [3.05, 3.63) is 30.1 Å². The number of rotatable bonds is 21. The van der Waals surface area contributed by atoms with Crippen LogP contribution in [0, 0.1) is 0 Å². The van der Waals surface area contributed by atoms with E-state index >= 15 is 0 Å². The van der Waals surface area contributed by atoms with E-state index in [0.717, 1.165) is 18.4 Å². The zero-order chi connectivity index (χ0) is 21.5. The monoisotopic (exact) mass is 417 g/mol. The molecule has 0 atom stereocenters. The lowest BCUT2D eigenvalue weighted by Gasteiger charge is -2.05. The molecule has 1 aromatic rings. The summed E-state index contributed by atoms with van der Waals surface area (Å²) in [7, 11) is 0. The minimum Gasteiger partial charge on any atom is -0.461 e. The van der Waals surface area contributed by atoms with E-state index < -0.39 is 0 Å². The molecule has 0 bridgehead atoms. The van der Waals surface area contributed by atoms with Crippen molar-refractivity contribution in [3.8, 4) is 0 Å². The molecule has 0 spiro atoms. The van der Waals surface area contributed by atoms with Crippen LogP contribution in [0.3, 0.4) is 0 Å². The molecule has 0 unspecified atom stereocenters. The first-order valence-electron chi connectivity index (χ1n) is 12.9. The molecule has 0 aliphatic rings. The van der Waals surface area contributed by atoms with E-state index in [1.807, 2.05) is 12.1 Å². The quantitative estimate of drug-likeness (QED) is 0.148. The largest absolute Gasteiger partial charge is 0.461 e. The summed E-state index contributed by atoms with van der Waals surface area (Å²) < 4.78 is 5.28. The van der Waals surface area contributed by atoms with E-state index in [2.05, 4.69) is 11.9 Å². The van der Waals surface area contributed by atoms with Crippen LogP contribution in [-0.4, -0.2) is 11.0 Å². The van der Waals surface area contributed by atoms with Crippen LogP contribution in [0.5, 0.6) is 0 Å². The molecule has 0 amide bonds. The Balaban J connectivity index is 1.73. The number of aromatic nitrogens is 1. The Morgan fingerprint density at radius 2 is 1.20 bits per heavy atom. The molecule has 0 N–H and O–H groups in total. The molecule has 1 aromatic heterocycles. The second kappa shape index (κ2) is 20.9. The normalized spacial score (nSPS) is 11.0. The fourth-order valence-electron chi connectivity index (χ4n) is 3.89. The van der Waals surface area contributed by atoms with Gasteiger partial charge in [0.25, 0.3) is 0 Å². The van der Waals surface area contributed by atoms with Crippen LogP contribution in [-0.2, 0) is 16.1 Å². The van der Waals surface area contributed by atoms with Crippen LogP contribution < -0.4 is 0 Å². The van der Waals surface area contributed by atoms with Crippen molar-refractivity contribution in [2.24, 2.45) is 0 Å². The SMILES string of the molecule is CCCCCCCCCCCCCCCCCCCCC(=O)OCc1cccnc1. The third-order valence-corrected chi connectivity index (χ3v) is 5.86. The third-order valence-electron chi connectivity index (χ3n) is 5.86. The summed E-state index contributed by atoms with van der Waals surface area (Å²) in [5, 5.41) is 0. The van der Waals surface area contributed by atoms with E-state index in [-0.39, 0.29) is 5.97 Å². The summed E-state index contributed by atoms with van der Waals surface area (Å²) in [5.74, 6) is -0.0876. The summed E-state index contributed by atoms with van der Waals surface area (Å²) in [6.45, 7) is 2.62. The van der Waals surface area contributed by atoms with E-state index in [0.29, 0.717) is 13.0 Å². The molecule has 1 rings (SSSR count). The second-order valence-corrected chi connectivity index (χ2v) is 8.78. The Morgan fingerprint density at radius 3 is 1.63 bits per heavy atom. The van der Waals surface area contributed by atoms with Crippen LogP contribution in [0.25, 0.3) is 0 Å². The number of hydrogen-bond donors (Lipinski definition) is 0. The van der Waals surface area contributed by atoms with Gasteiger partial charge in [-0.1, -0.05) is 122 Å². The van der Waals surface area contributed by atoms with E-state index in [1.54, 1.807) is 12.4 Å². The van der Waals surface area contributed by atoms with Gasteiger partial charge in [0.15, 0.2) is 0 Å². The molecule has 0 aliphatic carbocycles. The molecule has 0 radical (unpaired) electrons. The van der Waals surface area contributed by atoms with Crippen molar-refractivity contribution in [3.63, 3.8) is 0 Å². The van der Waals surface area contributed by atoms with Crippen LogP contribution in [0.4, 0.5) is 0 Å². The first kappa shape index (κ1) is 26.7. The molecular formula is C27H47NO2. The van der Waals surface area contributed by atoms with Crippen molar-refractivity contribution in [2.75, 3.05) is 0 Å². The average molecular weight is 418 g/mol. The van der Waals surface area contributed by atoms with Crippen LogP contribution in [0.15, 0.2) is 24.5 Å². The Kier molecular flexibility index (Phi) is 18.5. The van der Waals surface area contributed by atoms with Gasteiger partial charge >= 0.3 is 5.97 Å². The van der Waals surface area contributed by atoms with Gasteiger partial charge in [0.05, 0.1) is 0 Å². The smallest absolute Gasteiger partial charge is 0.306 e. The van der Waals surface area contributed by atoms with Crippen molar-refractivity contribution in [1.82, 2.24) is 4.98 Å². The van der Waals surface area contributed by atoms with Gasteiger partial charge in [-0.3, -0.25) is 9.78 Å². The van der Waals surface area contributed by atoms with Gasteiger partial charge < -0.3 is 4.74 Å². The zero-order valence-corrected chi connectivity index (χ0v) is 19.7. The summed E-state index contributed by atoms with van der Waals surface area (Å²) in [6.07, 6.45) is 28.5. The van der Waals surface area contributed by atoms with E-state index in [4.69, 9.17) is 4.74 Å². The number of carbonyl (C=O) groups is 1. The molecule has 0 saturated heterocycles. The molecule has 1 heterocycles. The molecule has 172 valence electrons. The molecule has 0 aliphatic heterocycles. The maximum atomic E-state index is 11.7. The minimum atomic E-state index is -0.0876. The molecule has 3 heteroatoms. The summed E-state index contributed by atoms with van der Waals surface area (Å²) in [6, 6.07) is 3.79. The lowest BCUT2D eigenvalue weighted by atomic mass is 10.0. The molecule has 0 aromatic carbocycles. The van der Waals surface area contributed by atoms with Crippen molar-refractivity contribution < 1.29 is 9.53 Å². The number of esters is 1. The van der Waals surface area contributed by atoms with Gasteiger partial charge in [-0.2, -0.15) is 0 Å². The predicted octanol–water partition coefficient (Wildman–Crippen LogP) is 8.56. The molecule has 30 heavy (non-hydrogen) atoms. The summed E-state index contributed by atoms with van der Waals surface area (Å²) in [4.78, 5) is 15.8. The Bertz CT molecular complexity index is 489. The highest BCUT2D eigenvalue weighted by molar-refractivity contribution is 5.69. The van der Waals surface area contributed by atoms with Gasteiger partial charge in [0, 0.05) is 24.4 Å². The molecule has 0 saturated carbocycles. The van der Waals surface area contributed by atoms with Crippen molar-refractivity contribution >= 4 is 5.97 Å². The van der Waals surface area contributed by atoms with Crippen LogP contribution >= 0.6 is 0 Å².